The fraction of sp³-hybridized carbons (Fsp3) is 1.00. The van der Waals surface area contributed by atoms with Crippen LogP contribution in [-0.4, -0.2) is 85.3 Å². The summed E-state index contributed by atoms with van der Waals surface area (Å²) in [7, 11) is 0. The van der Waals surface area contributed by atoms with Gasteiger partial charge in [-0.15, -0.1) is 0 Å². The van der Waals surface area contributed by atoms with Gasteiger partial charge in [0.05, 0.1) is 23.9 Å². The summed E-state index contributed by atoms with van der Waals surface area (Å²) in [5.74, 6) is -0.0557. The van der Waals surface area contributed by atoms with Crippen molar-refractivity contribution in [2.24, 2.45) is 17.3 Å². The summed E-state index contributed by atoms with van der Waals surface area (Å²) in [6.07, 6.45) is -3.83. The topological polar surface area (TPSA) is 140 Å². The SMILES string of the molecule is CC(C)(O)C1CCC2(C)C(O)CCC(C)(OC3OC(CO)C(O)C(O)C3O)C2C1. The number of rotatable bonds is 4. The average Bonchev–Trinajstić information content (AvgIpc) is 2.65. The molecule has 2 saturated carbocycles. The highest BCUT2D eigenvalue weighted by Gasteiger charge is 2.59. The Hall–Kier alpha value is -0.320. The van der Waals surface area contributed by atoms with Crippen LogP contribution in [0.4, 0.5) is 0 Å². The molecule has 0 bridgehead atoms. The van der Waals surface area contributed by atoms with Crippen molar-refractivity contribution in [3.63, 3.8) is 0 Å². The second kappa shape index (κ2) is 7.98. The summed E-state index contributed by atoms with van der Waals surface area (Å²) in [6, 6.07) is 0. The summed E-state index contributed by atoms with van der Waals surface area (Å²) in [5, 5.41) is 61.4. The summed E-state index contributed by atoms with van der Waals surface area (Å²) in [5.41, 5.74) is -2.03. The van der Waals surface area contributed by atoms with Gasteiger partial charge in [-0.1, -0.05) is 6.92 Å². The first kappa shape index (κ1) is 23.3. The van der Waals surface area contributed by atoms with Gasteiger partial charge in [-0.3, -0.25) is 0 Å². The summed E-state index contributed by atoms with van der Waals surface area (Å²) >= 11 is 0. The second-order valence-corrected chi connectivity index (χ2v) is 10.4. The molecule has 0 aromatic carbocycles. The van der Waals surface area contributed by atoms with E-state index in [0.29, 0.717) is 19.3 Å². The maximum atomic E-state index is 10.8. The van der Waals surface area contributed by atoms with E-state index in [1.807, 2.05) is 6.92 Å². The summed E-state index contributed by atoms with van der Waals surface area (Å²) < 4.78 is 11.9. The van der Waals surface area contributed by atoms with E-state index >= 15 is 0 Å². The first-order chi connectivity index (χ1) is 13.3. The molecule has 0 aromatic rings. The van der Waals surface area contributed by atoms with Crippen LogP contribution in [0.5, 0.6) is 0 Å². The minimum absolute atomic E-state index is 0.0450. The fourth-order valence-electron chi connectivity index (χ4n) is 5.82. The third-order valence-electron chi connectivity index (χ3n) is 7.99. The Morgan fingerprint density at radius 3 is 2.24 bits per heavy atom. The van der Waals surface area contributed by atoms with Crippen molar-refractivity contribution in [1.29, 1.82) is 0 Å². The van der Waals surface area contributed by atoms with Crippen molar-refractivity contribution in [2.45, 2.75) is 108 Å². The zero-order valence-corrected chi connectivity index (χ0v) is 17.9. The zero-order valence-electron chi connectivity index (χ0n) is 17.9. The molecule has 170 valence electrons. The molecule has 6 N–H and O–H groups in total. The van der Waals surface area contributed by atoms with Crippen LogP contribution < -0.4 is 0 Å². The lowest BCUT2D eigenvalue weighted by molar-refractivity contribution is -0.345. The van der Waals surface area contributed by atoms with Crippen molar-refractivity contribution in [3.05, 3.63) is 0 Å². The van der Waals surface area contributed by atoms with Crippen molar-refractivity contribution < 1.29 is 40.1 Å². The first-order valence-electron chi connectivity index (χ1n) is 10.7. The third-order valence-corrected chi connectivity index (χ3v) is 7.99. The molecule has 0 amide bonds. The van der Waals surface area contributed by atoms with Gasteiger partial charge in [0, 0.05) is 0 Å². The predicted molar refractivity (Wildman–Crippen MR) is 104 cm³/mol. The molecule has 1 saturated heterocycles. The summed E-state index contributed by atoms with van der Waals surface area (Å²) in [4.78, 5) is 0. The van der Waals surface area contributed by atoms with Gasteiger partial charge in [0.1, 0.15) is 24.4 Å². The Morgan fingerprint density at radius 1 is 1.00 bits per heavy atom. The quantitative estimate of drug-likeness (QED) is 0.372. The lowest BCUT2D eigenvalue weighted by Gasteiger charge is -2.59. The van der Waals surface area contributed by atoms with Crippen LogP contribution in [0.25, 0.3) is 0 Å². The Bertz CT molecular complexity index is 578. The van der Waals surface area contributed by atoms with E-state index in [0.717, 1.165) is 12.8 Å². The van der Waals surface area contributed by atoms with E-state index in [1.165, 1.54) is 0 Å². The minimum Gasteiger partial charge on any atom is -0.394 e. The maximum absolute atomic E-state index is 10.8. The Morgan fingerprint density at radius 2 is 1.66 bits per heavy atom. The number of aliphatic hydroxyl groups excluding tert-OH is 5. The molecule has 1 heterocycles. The van der Waals surface area contributed by atoms with Crippen molar-refractivity contribution in [3.8, 4) is 0 Å². The smallest absolute Gasteiger partial charge is 0.187 e. The monoisotopic (exact) mass is 418 g/mol. The highest BCUT2D eigenvalue weighted by atomic mass is 16.7. The molecule has 3 fully saturated rings. The molecule has 0 spiro atoms. The van der Waals surface area contributed by atoms with Crippen molar-refractivity contribution in [1.82, 2.24) is 0 Å². The van der Waals surface area contributed by atoms with Gasteiger partial charge in [-0.05, 0) is 70.1 Å². The molecule has 1 aliphatic heterocycles. The molecule has 8 heteroatoms. The number of aliphatic hydroxyl groups is 6. The Kier molecular flexibility index (Phi) is 6.43. The highest BCUT2D eigenvalue weighted by molar-refractivity contribution is 5.08. The van der Waals surface area contributed by atoms with Gasteiger partial charge < -0.3 is 40.1 Å². The van der Waals surface area contributed by atoms with E-state index in [-0.39, 0.29) is 11.8 Å². The standard InChI is InChI=1S/C21H38O8/c1-19(2,27)11-5-7-20(3)13(9-11)21(4,8-6-14(20)23)29-18-17(26)16(25)15(24)12(10-22)28-18/h11-18,22-27H,5-10H2,1-4H3. The molecule has 29 heavy (non-hydrogen) atoms. The fourth-order valence-corrected chi connectivity index (χ4v) is 5.82. The van der Waals surface area contributed by atoms with E-state index in [1.54, 1.807) is 13.8 Å². The van der Waals surface area contributed by atoms with E-state index < -0.39 is 60.0 Å². The number of hydrogen-bond acceptors (Lipinski definition) is 8. The highest BCUT2D eigenvalue weighted by Crippen LogP contribution is 2.58. The van der Waals surface area contributed by atoms with Crippen molar-refractivity contribution in [2.75, 3.05) is 6.61 Å². The first-order valence-corrected chi connectivity index (χ1v) is 10.7. The Labute approximate surface area is 172 Å². The molecular formula is C21H38O8. The van der Waals surface area contributed by atoms with Gasteiger partial charge in [0.25, 0.3) is 0 Å². The molecule has 3 rings (SSSR count). The average molecular weight is 419 g/mol. The molecule has 8 nitrogen and oxygen atoms in total. The van der Waals surface area contributed by atoms with Gasteiger partial charge in [-0.25, -0.2) is 0 Å². The summed E-state index contributed by atoms with van der Waals surface area (Å²) in [6.45, 7) is 7.07. The molecule has 0 aromatic heterocycles. The second-order valence-electron chi connectivity index (χ2n) is 10.4. The zero-order chi connectivity index (χ0) is 21.8. The molecule has 10 unspecified atom stereocenters. The normalized spacial score (nSPS) is 51.5. The predicted octanol–water partition coefficient (Wildman–Crippen LogP) is -0.0902. The van der Waals surface area contributed by atoms with Crippen LogP contribution in [-0.2, 0) is 9.47 Å². The van der Waals surface area contributed by atoms with Crippen LogP contribution in [0.3, 0.4) is 0 Å². The number of fused-ring (bicyclic) bond motifs is 1. The van der Waals surface area contributed by atoms with Crippen molar-refractivity contribution >= 4 is 0 Å². The van der Waals surface area contributed by atoms with Crippen LogP contribution in [0, 0.1) is 17.3 Å². The number of ether oxygens (including phenoxy) is 2. The Balaban J connectivity index is 1.86. The van der Waals surface area contributed by atoms with Gasteiger partial charge in [0.2, 0.25) is 0 Å². The van der Waals surface area contributed by atoms with E-state index in [4.69, 9.17) is 9.47 Å². The van der Waals surface area contributed by atoms with Gasteiger partial charge in [0.15, 0.2) is 6.29 Å². The van der Waals surface area contributed by atoms with Gasteiger partial charge >= 0.3 is 0 Å². The molecule has 0 radical (unpaired) electrons. The van der Waals surface area contributed by atoms with Crippen LogP contribution >= 0.6 is 0 Å². The molecular weight excluding hydrogens is 380 g/mol. The minimum atomic E-state index is -1.49. The molecule has 10 atom stereocenters. The molecule has 3 aliphatic rings. The van der Waals surface area contributed by atoms with Crippen LogP contribution in [0.15, 0.2) is 0 Å². The largest absolute Gasteiger partial charge is 0.394 e. The van der Waals surface area contributed by atoms with E-state index in [9.17, 15) is 30.6 Å². The van der Waals surface area contributed by atoms with Gasteiger partial charge in [-0.2, -0.15) is 0 Å². The van der Waals surface area contributed by atoms with Crippen LogP contribution in [0.2, 0.25) is 0 Å². The molecule has 2 aliphatic carbocycles. The van der Waals surface area contributed by atoms with Crippen LogP contribution in [0.1, 0.15) is 59.8 Å². The maximum Gasteiger partial charge on any atom is 0.187 e. The third kappa shape index (κ3) is 4.11. The number of hydrogen-bond donors (Lipinski definition) is 6. The van der Waals surface area contributed by atoms with E-state index in [2.05, 4.69) is 6.92 Å². The lowest BCUT2D eigenvalue weighted by Crippen LogP contribution is -2.64. The lowest BCUT2D eigenvalue weighted by atomic mass is 9.51.